The van der Waals surface area contributed by atoms with Crippen molar-refractivity contribution in [3.05, 3.63) is 90.4 Å². The topological polar surface area (TPSA) is 82.8 Å². The lowest BCUT2D eigenvalue weighted by atomic mass is 10.1. The van der Waals surface area contributed by atoms with Crippen LogP contribution in [0.25, 0.3) is 5.70 Å². The van der Waals surface area contributed by atoms with Crippen molar-refractivity contribution < 1.29 is 17.9 Å². The summed E-state index contributed by atoms with van der Waals surface area (Å²) >= 11 is 0. The first-order chi connectivity index (χ1) is 12.6. The quantitative estimate of drug-likeness (QED) is 0.738. The summed E-state index contributed by atoms with van der Waals surface area (Å²) in [6.07, 6.45) is 3.29. The van der Waals surface area contributed by atoms with Gasteiger partial charge in [-0.2, -0.15) is 0 Å². The number of hydrogen-bond donors (Lipinski definition) is 2. The number of benzene rings is 2. The van der Waals surface area contributed by atoms with E-state index in [0.29, 0.717) is 11.5 Å². The van der Waals surface area contributed by atoms with Gasteiger partial charge in [0.05, 0.1) is 16.9 Å². The molecule has 2 aromatic carbocycles. The normalized spacial score (nSPS) is 17.7. The van der Waals surface area contributed by atoms with Crippen molar-refractivity contribution in [3.8, 4) is 5.75 Å². The van der Waals surface area contributed by atoms with Crippen LogP contribution in [0, 0.1) is 0 Å². The third-order valence-corrected chi connectivity index (χ3v) is 5.83. The predicted octanol–water partition coefficient (Wildman–Crippen LogP) is 3.28. The summed E-state index contributed by atoms with van der Waals surface area (Å²) in [4.78, 5) is 0.185. The number of aromatic hydroxyl groups is 1. The number of nitrogens with one attached hydrogen (secondary N) is 1. The monoisotopic (exact) mass is 368 g/mol. The molecule has 1 aliphatic heterocycles. The van der Waals surface area contributed by atoms with Crippen LogP contribution in [-0.2, 0) is 10.0 Å². The van der Waals surface area contributed by atoms with Crippen molar-refractivity contribution in [3.63, 3.8) is 0 Å². The SMILES string of the molecule is O=S(=O)(c1ccccc1)N1NC(c2ccc(O)cc2)=C[C@H]1c1ccco1. The van der Waals surface area contributed by atoms with Crippen molar-refractivity contribution in [1.29, 1.82) is 0 Å². The highest BCUT2D eigenvalue weighted by atomic mass is 32.2. The van der Waals surface area contributed by atoms with Gasteiger partial charge in [0, 0.05) is 0 Å². The molecule has 0 saturated heterocycles. The molecule has 0 amide bonds. The molecule has 2 N–H and O–H groups in total. The van der Waals surface area contributed by atoms with Crippen molar-refractivity contribution in [2.75, 3.05) is 0 Å². The first-order valence-corrected chi connectivity index (χ1v) is 9.40. The maximum atomic E-state index is 13.1. The standard InChI is InChI=1S/C19H16N2O4S/c22-15-10-8-14(9-11-15)17-13-18(19-7-4-12-25-19)21(20-17)26(23,24)16-5-2-1-3-6-16/h1-13,18,20,22H/t18-/m0/s1. The van der Waals surface area contributed by atoms with Crippen LogP contribution >= 0.6 is 0 Å². The molecule has 0 fully saturated rings. The summed E-state index contributed by atoms with van der Waals surface area (Å²) in [5.74, 6) is 0.648. The van der Waals surface area contributed by atoms with E-state index in [1.807, 2.05) is 0 Å². The zero-order chi connectivity index (χ0) is 18.1. The first kappa shape index (κ1) is 16.4. The molecular formula is C19H16N2O4S. The Hall–Kier alpha value is -3.03. The molecule has 0 unspecified atom stereocenters. The van der Waals surface area contributed by atoms with E-state index < -0.39 is 16.1 Å². The summed E-state index contributed by atoms with van der Waals surface area (Å²) < 4.78 is 32.9. The fraction of sp³-hybridized carbons (Fsp3) is 0.0526. The number of phenolic OH excluding ortho intramolecular Hbond substituents is 1. The second-order valence-electron chi connectivity index (χ2n) is 5.81. The van der Waals surface area contributed by atoms with Gasteiger partial charge in [0.25, 0.3) is 10.0 Å². The van der Waals surface area contributed by atoms with Crippen LogP contribution in [0.1, 0.15) is 17.4 Å². The van der Waals surface area contributed by atoms with Crippen LogP contribution < -0.4 is 5.43 Å². The molecule has 4 rings (SSSR count). The van der Waals surface area contributed by atoms with Gasteiger partial charge < -0.3 is 14.9 Å². The average molecular weight is 368 g/mol. The molecule has 6 nitrogen and oxygen atoms in total. The highest BCUT2D eigenvalue weighted by Gasteiger charge is 2.38. The number of furan rings is 1. The third-order valence-electron chi connectivity index (χ3n) is 4.12. The van der Waals surface area contributed by atoms with Crippen molar-refractivity contribution in [1.82, 2.24) is 9.84 Å². The predicted molar refractivity (Wildman–Crippen MR) is 96.1 cm³/mol. The van der Waals surface area contributed by atoms with E-state index >= 15 is 0 Å². The number of sulfonamides is 1. The fourth-order valence-electron chi connectivity index (χ4n) is 2.83. The molecule has 2 heterocycles. The third kappa shape index (κ3) is 2.87. The van der Waals surface area contributed by atoms with Crippen LogP contribution in [0.15, 0.2) is 88.4 Å². The lowest BCUT2D eigenvalue weighted by Crippen LogP contribution is -2.39. The molecule has 26 heavy (non-hydrogen) atoms. The van der Waals surface area contributed by atoms with Crippen molar-refractivity contribution >= 4 is 15.7 Å². The Morgan fingerprint density at radius 3 is 2.35 bits per heavy atom. The minimum absolute atomic E-state index is 0.142. The molecule has 7 heteroatoms. The zero-order valence-electron chi connectivity index (χ0n) is 13.6. The molecule has 0 radical (unpaired) electrons. The summed E-state index contributed by atoms with van der Waals surface area (Å²) in [6, 6.07) is 17.6. The molecule has 0 aliphatic carbocycles. The molecule has 0 bridgehead atoms. The van der Waals surface area contributed by atoms with Gasteiger partial charge in [0.2, 0.25) is 0 Å². The molecule has 1 aliphatic rings. The van der Waals surface area contributed by atoms with E-state index in [1.165, 1.54) is 10.7 Å². The van der Waals surface area contributed by atoms with E-state index in [9.17, 15) is 13.5 Å². The van der Waals surface area contributed by atoms with Gasteiger partial charge in [-0.15, -0.1) is 0 Å². The first-order valence-electron chi connectivity index (χ1n) is 7.96. The number of rotatable bonds is 4. The number of hydrogen-bond acceptors (Lipinski definition) is 5. The van der Waals surface area contributed by atoms with Gasteiger partial charge >= 0.3 is 0 Å². The van der Waals surface area contributed by atoms with E-state index in [1.54, 1.807) is 72.8 Å². The zero-order valence-corrected chi connectivity index (χ0v) is 14.4. The van der Waals surface area contributed by atoms with Crippen LogP contribution in [0.2, 0.25) is 0 Å². The second-order valence-corrected chi connectivity index (χ2v) is 7.63. The molecule has 1 atom stereocenters. The highest BCUT2D eigenvalue weighted by molar-refractivity contribution is 7.89. The minimum Gasteiger partial charge on any atom is -0.508 e. The molecule has 3 aromatic rings. The van der Waals surface area contributed by atoms with Gasteiger partial charge in [-0.05, 0) is 60.2 Å². The maximum absolute atomic E-state index is 13.1. The summed E-state index contributed by atoms with van der Waals surface area (Å²) in [7, 11) is -3.80. The van der Waals surface area contributed by atoms with Crippen LogP contribution in [0.3, 0.4) is 0 Å². The molecule has 1 aromatic heterocycles. The Labute approximate surface area is 151 Å². The number of phenols is 1. The molecule has 132 valence electrons. The van der Waals surface area contributed by atoms with Gasteiger partial charge in [-0.1, -0.05) is 22.6 Å². The molecule has 0 spiro atoms. The Morgan fingerprint density at radius 2 is 1.69 bits per heavy atom. The largest absolute Gasteiger partial charge is 0.508 e. The fourth-order valence-corrected chi connectivity index (χ4v) is 4.24. The Kier molecular flexibility index (Phi) is 4.02. The number of hydrazine groups is 1. The summed E-state index contributed by atoms with van der Waals surface area (Å²) in [5, 5.41) is 9.47. The minimum atomic E-state index is -3.80. The van der Waals surface area contributed by atoms with Crippen molar-refractivity contribution in [2.24, 2.45) is 0 Å². The van der Waals surface area contributed by atoms with Gasteiger partial charge in [0.15, 0.2) is 0 Å². The lowest BCUT2D eigenvalue weighted by molar-refractivity contribution is 0.310. The number of nitrogens with zero attached hydrogens (tertiary/aromatic N) is 1. The van der Waals surface area contributed by atoms with E-state index in [0.717, 1.165) is 5.56 Å². The van der Waals surface area contributed by atoms with Gasteiger partial charge in [-0.25, -0.2) is 8.42 Å². The molecule has 0 saturated carbocycles. The maximum Gasteiger partial charge on any atom is 0.260 e. The van der Waals surface area contributed by atoms with E-state index in [2.05, 4.69) is 5.43 Å². The smallest absolute Gasteiger partial charge is 0.260 e. The lowest BCUT2D eigenvalue weighted by Gasteiger charge is -2.23. The van der Waals surface area contributed by atoms with E-state index in [-0.39, 0.29) is 10.6 Å². The summed E-state index contributed by atoms with van der Waals surface area (Å²) in [6.45, 7) is 0. The second kappa shape index (κ2) is 6.36. The van der Waals surface area contributed by atoms with Crippen LogP contribution in [0.4, 0.5) is 0 Å². The Morgan fingerprint density at radius 1 is 0.962 bits per heavy atom. The average Bonchev–Trinajstić information content (AvgIpc) is 3.33. The Bertz CT molecular complexity index is 1030. The van der Waals surface area contributed by atoms with Crippen molar-refractivity contribution in [2.45, 2.75) is 10.9 Å². The van der Waals surface area contributed by atoms with Crippen LogP contribution in [-0.4, -0.2) is 17.9 Å². The summed E-state index contributed by atoms with van der Waals surface area (Å²) in [5.41, 5.74) is 4.34. The molecular weight excluding hydrogens is 352 g/mol. The van der Waals surface area contributed by atoms with Gasteiger partial charge in [0.1, 0.15) is 17.6 Å². The Balaban J connectivity index is 1.76. The van der Waals surface area contributed by atoms with E-state index in [4.69, 9.17) is 4.42 Å². The highest BCUT2D eigenvalue weighted by Crippen LogP contribution is 2.35. The van der Waals surface area contributed by atoms with Crippen LogP contribution in [0.5, 0.6) is 5.75 Å². The van der Waals surface area contributed by atoms with Gasteiger partial charge in [-0.3, -0.25) is 0 Å².